The number of benzene rings is 2. The highest BCUT2D eigenvalue weighted by Crippen LogP contribution is 2.39. The van der Waals surface area contributed by atoms with Crippen LogP contribution < -0.4 is 0 Å². The van der Waals surface area contributed by atoms with Crippen molar-refractivity contribution in [1.82, 2.24) is 0 Å². The smallest absolute Gasteiger partial charge is 0.00518 e. The molecule has 0 amide bonds. The van der Waals surface area contributed by atoms with Crippen LogP contribution in [-0.4, -0.2) is 0 Å². The standard InChI is InChI=1S/C27H36/c1-9-18-11-20-12-19(10-2)14-25(24(20)13-18)21-15-22(26(3,4)5)17-23(16-21)27(6,7)8/h11-12,14-17H,9-10,13H2,1-8H3. The summed E-state index contributed by atoms with van der Waals surface area (Å²) in [5.74, 6) is 0. The van der Waals surface area contributed by atoms with Crippen molar-refractivity contribution in [1.29, 1.82) is 0 Å². The molecular formula is C27H36. The van der Waals surface area contributed by atoms with Gasteiger partial charge in [0.05, 0.1) is 0 Å². The van der Waals surface area contributed by atoms with Crippen molar-refractivity contribution in [2.45, 2.75) is 85.5 Å². The van der Waals surface area contributed by atoms with Gasteiger partial charge in [0, 0.05) is 0 Å². The van der Waals surface area contributed by atoms with E-state index in [0.717, 1.165) is 19.3 Å². The molecule has 0 radical (unpaired) electrons. The van der Waals surface area contributed by atoms with E-state index in [1.54, 1.807) is 5.57 Å². The van der Waals surface area contributed by atoms with E-state index in [4.69, 9.17) is 0 Å². The van der Waals surface area contributed by atoms with Crippen LogP contribution in [0.15, 0.2) is 35.9 Å². The second-order valence-corrected chi connectivity index (χ2v) is 10.2. The van der Waals surface area contributed by atoms with E-state index in [2.05, 4.69) is 91.8 Å². The molecule has 0 aliphatic heterocycles. The van der Waals surface area contributed by atoms with Gasteiger partial charge >= 0.3 is 0 Å². The minimum atomic E-state index is 0.147. The fourth-order valence-corrected chi connectivity index (χ4v) is 3.92. The molecule has 27 heavy (non-hydrogen) atoms. The predicted octanol–water partition coefficient (Wildman–Crippen LogP) is 7.86. The molecule has 0 nitrogen and oxygen atoms in total. The van der Waals surface area contributed by atoms with Gasteiger partial charge < -0.3 is 0 Å². The second-order valence-electron chi connectivity index (χ2n) is 10.2. The number of hydrogen-bond acceptors (Lipinski definition) is 0. The van der Waals surface area contributed by atoms with Crippen molar-refractivity contribution in [3.63, 3.8) is 0 Å². The fourth-order valence-electron chi connectivity index (χ4n) is 3.92. The van der Waals surface area contributed by atoms with Crippen LogP contribution in [-0.2, 0) is 23.7 Å². The van der Waals surface area contributed by atoms with Gasteiger partial charge in [0.1, 0.15) is 0 Å². The highest BCUT2D eigenvalue weighted by Gasteiger charge is 2.23. The van der Waals surface area contributed by atoms with Gasteiger partial charge in [0.25, 0.3) is 0 Å². The van der Waals surface area contributed by atoms with Gasteiger partial charge in [0.2, 0.25) is 0 Å². The van der Waals surface area contributed by atoms with Crippen molar-refractivity contribution < 1.29 is 0 Å². The summed E-state index contributed by atoms with van der Waals surface area (Å²) in [6.07, 6.45) is 5.76. The summed E-state index contributed by atoms with van der Waals surface area (Å²) in [6, 6.07) is 12.1. The lowest BCUT2D eigenvalue weighted by atomic mass is 9.78. The molecule has 0 bridgehead atoms. The molecule has 1 aliphatic carbocycles. The first-order valence-electron chi connectivity index (χ1n) is 10.5. The van der Waals surface area contributed by atoms with Gasteiger partial charge in [0.15, 0.2) is 0 Å². The molecule has 144 valence electrons. The molecule has 0 N–H and O–H groups in total. The molecule has 0 heterocycles. The first-order valence-corrected chi connectivity index (χ1v) is 10.5. The van der Waals surface area contributed by atoms with Crippen LogP contribution in [0.2, 0.25) is 0 Å². The Morgan fingerprint density at radius 3 is 1.81 bits per heavy atom. The molecule has 2 aromatic carbocycles. The summed E-state index contributed by atoms with van der Waals surface area (Å²) >= 11 is 0. The minimum absolute atomic E-state index is 0.147. The van der Waals surface area contributed by atoms with Crippen LogP contribution >= 0.6 is 0 Å². The quantitative estimate of drug-likeness (QED) is 0.522. The van der Waals surface area contributed by atoms with E-state index in [0.29, 0.717) is 0 Å². The van der Waals surface area contributed by atoms with Crippen LogP contribution in [0, 0.1) is 0 Å². The molecule has 0 saturated heterocycles. The molecular weight excluding hydrogens is 324 g/mol. The Bertz CT molecular complexity index is 847. The second kappa shape index (κ2) is 6.97. The summed E-state index contributed by atoms with van der Waals surface area (Å²) in [5.41, 5.74) is 12.0. The third kappa shape index (κ3) is 4.05. The highest BCUT2D eigenvalue weighted by molar-refractivity contribution is 5.79. The van der Waals surface area contributed by atoms with Crippen molar-refractivity contribution >= 4 is 6.08 Å². The van der Waals surface area contributed by atoms with Crippen LogP contribution in [0.5, 0.6) is 0 Å². The molecule has 0 saturated carbocycles. The summed E-state index contributed by atoms with van der Waals surface area (Å²) < 4.78 is 0. The average molecular weight is 361 g/mol. The molecule has 0 fully saturated rings. The number of aryl methyl sites for hydroxylation is 1. The molecule has 2 aromatic rings. The van der Waals surface area contributed by atoms with Gasteiger partial charge in [-0.1, -0.05) is 97.4 Å². The van der Waals surface area contributed by atoms with Crippen LogP contribution in [0.3, 0.4) is 0 Å². The van der Waals surface area contributed by atoms with Crippen LogP contribution in [0.4, 0.5) is 0 Å². The van der Waals surface area contributed by atoms with E-state index in [9.17, 15) is 0 Å². The molecule has 0 heteroatoms. The largest absolute Gasteiger partial charge is 0.0655 e. The Labute approximate surface area is 166 Å². The van der Waals surface area contributed by atoms with E-state index in [1.165, 1.54) is 38.9 Å². The Kier molecular flexibility index (Phi) is 5.14. The third-order valence-corrected chi connectivity index (χ3v) is 5.95. The third-order valence-electron chi connectivity index (χ3n) is 5.95. The van der Waals surface area contributed by atoms with E-state index in [1.807, 2.05) is 0 Å². The van der Waals surface area contributed by atoms with Crippen molar-refractivity contribution in [2.24, 2.45) is 0 Å². The van der Waals surface area contributed by atoms with E-state index >= 15 is 0 Å². The van der Waals surface area contributed by atoms with Gasteiger partial charge in [-0.2, -0.15) is 0 Å². The average Bonchev–Trinajstić information content (AvgIpc) is 3.02. The predicted molar refractivity (Wildman–Crippen MR) is 121 cm³/mol. The molecule has 0 spiro atoms. The zero-order chi connectivity index (χ0) is 20.0. The minimum Gasteiger partial charge on any atom is -0.0655 e. The van der Waals surface area contributed by atoms with E-state index < -0.39 is 0 Å². The zero-order valence-corrected chi connectivity index (χ0v) is 18.6. The zero-order valence-electron chi connectivity index (χ0n) is 18.6. The SMILES string of the molecule is CCC1=Cc2cc(CC)cc(-c3cc(C(C)(C)C)cc(C(C)(C)C)c3)c2C1. The van der Waals surface area contributed by atoms with Crippen LogP contribution in [0.25, 0.3) is 17.2 Å². The molecule has 0 aromatic heterocycles. The maximum absolute atomic E-state index is 2.44. The number of rotatable bonds is 3. The van der Waals surface area contributed by atoms with E-state index in [-0.39, 0.29) is 10.8 Å². The molecule has 1 aliphatic rings. The van der Waals surface area contributed by atoms with Crippen molar-refractivity contribution in [3.8, 4) is 11.1 Å². The Balaban J connectivity index is 2.25. The first kappa shape index (κ1) is 19.9. The van der Waals surface area contributed by atoms with Gasteiger partial charge in [-0.15, -0.1) is 0 Å². The summed E-state index contributed by atoms with van der Waals surface area (Å²) in [6.45, 7) is 18.5. The normalized spacial score (nSPS) is 14.3. The van der Waals surface area contributed by atoms with Crippen LogP contribution in [0.1, 0.15) is 89.6 Å². The Morgan fingerprint density at radius 1 is 0.741 bits per heavy atom. The number of allylic oxidation sites excluding steroid dienone is 1. The van der Waals surface area contributed by atoms with Gasteiger partial charge in [-0.05, 0) is 69.0 Å². The highest BCUT2D eigenvalue weighted by atomic mass is 14.3. The number of fused-ring (bicyclic) bond motifs is 1. The Hall–Kier alpha value is -1.82. The maximum Gasteiger partial charge on any atom is -0.00518 e. The monoisotopic (exact) mass is 360 g/mol. The lowest BCUT2D eigenvalue weighted by Gasteiger charge is -2.27. The van der Waals surface area contributed by atoms with Crippen molar-refractivity contribution in [3.05, 3.63) is 63.7 Å². The molecule has 0 unspecified atom stereocenters. The topological polar surface area (TPSA) is 0 Å². The number of hydrogen-bond donors (Lipinski definition) is 0. The Morgan fingerprint density at radius 2 is 1.33 bits per heavy atom. The summed E-state index contributed by atoms with van der Waals surface area (Å²) in [4.78, 5) is 0. The fraction of sp³-hybridized carbons (Fsp3) is 0.481. The maximum atomic E-state index is 2.44. The summed E-state index contributed by atoms with van der Waals surface area (Å²) in [7, 11) is 0. The first-order chi connectivity index (χ1) is 12.5. The van der Waals surface area contributed by atoms with Crippen molar-refractivity contribution in [2.75, 3.05) is 0 Å². The lowest BCUT2D eigenvalue weighted by Crippen LogP contribution is -2.16. The summed E-state index contributed by atoms with van der Waals surface area (Å²) in [5, 5.41) is 0. The molecule has 0 atom stereocenters. The molecule has 3 rings (SSSR count). The van der Waals surface area contributed by atoms with Gasteiger partial charge in [-0.25, -0.2) is 0 Å². The lowest BCUT2D eigenvalue weighted by molar-refractivity contribution is 0.569. The van der Waals surface area contributed by atoms with Gasteiger partial charge in [-0.3, -0.25) is 0 Å².